The second-order valence-corrected chi connectivity index (χ2v) is 7.09. The number of para-hydroxylation sites is 1. The molecule has 1 aliphatic rings. The highest BCUT2D eigenvalue weighted by atomic mass is 35.5. The Kier molecular flexibility index (Phi) is 6.44. The predicted molar refractivity (Wildman–Crippen MR) is 109 cm³/mol. The van der Waals surface area contributed by atoms with Crippen molar-refractivity contribution in [2.45, 2.75) is 26.1 Å². The summed E-state index contributed by atoms with van der Waals surface area (Å²) < 4.78 is 5.69. The van der Waals surface area contributed by atoms with Crippen molar-refractivity contribution in [3.63, 3.8) is 0 Å². The third kappa shape index (κ3) is 4.97. The van der Waals surface area contributed by atoms with Gasteiger partial charge in [-0.15, -0.1) is 0 Å². The van der Waals surface area contributed by atoms with Crippen molar-refractivity contribution >= 4 is 35.2 Å². The van der Waals surface area contributed by atoms with Crippen LogP contribution < -0.4 is 5.32 Å². The lowest BCUT2D eigenvalue weighted by atomic mass is 10.1. The molecule has 28 heavy (non-hydrogen) atoms. The van der Waals surface area contributed by atoms with E-state index in [4.69, 9.17) is 16.3 Å². The molecule has 7 heteroatoms. The highest BCUT2D eigenvalue weighted by Crippen LogP contribution is 2.20. The summed E-state index contributed by atoms with van der Waals surface area (Å²) >= 11 is 6.14. The van der Waals surface area contributed by atoms with E-state index in [1.165, 1.54) is 6.08 Å². The fraction of sp³-hybridized carbons (Fsp3) is 0.286. The van der Waals surface area contributed by atoms with Crippen molar-refractivity contribution in [2.24, 2.45) is 0 Å². The predicted octanol–water partition coefficient (Wildman–Crippen LogP) is 3.39. The largest absolute Gasteiger partial charge is 0.372 e. The van der Waals surface area contributed by atoms with Gasteiger partial charge < -0.3 is 15.0 Å². The van der Waals surface area contributed by atoms with Gasteiger partial charge >= 0.3 is 0 Å². The van der Waals surface area contributed by atoms with Gasteiger partial charge in [0.25, 0.3) is 11.8 Å². The van der Waals surface area contributed by atoms with Crippen molar-refractivity contribution in [3.05, 3.63) is 65.0 Å². The number of pyridine rings is 1. The van der Waals surface area contributed by atoms with Crippen LogP contribution in [0, 0.1) is 0 Å². The first kappa shape index (κ1) is 20.0. The van der Waals surface area contributed by atoms with Crippen LogP contribution in [0.15, 0.2) is 54.2 Å². The molecule has 0 radical (unpaired) electrons. The zero-order valence-corrected chi connectivity index (χ0v) is 16.5. The molecule has 1 fully saturated rings. The maximum atomic E-state index is 13.2. The van der Waals surface area contributed by atoms with Crippen LogP contribution >= 0.6 is 11.6 Å². The van der Waals surface area contributed by atoms with E-state index < -0.39 is 5.91 Å². The van der Waals surface area contributed by atoms with E-state index in [-0.39, 0.29) is 28.8 Å². The Balaban J connectivity index is 1.93. The van der Waals surface area contributed by atoms with Crippen LogP contribution in [0.2, 0.25) is 5.15 Å². The SMILES string of the molecule is C[C@H]1CN(C(=O)/C(=C/c2cccnc2Cl)C(=O)Nc2ccccc2)C[C@H](C)O1. The number of nitrogens with zero attached hydrogens (tertiary/aromatic N) is 2. The lowest BCUT2D eigenvalue weighted by Crippen LogP contribution is -2.49. The molecule has 3 rings (SSSR count). The summed E-state index contributed by atoms with van der Waals surface area (Å²) in [5, 5.41) is 3.00. The third-order valence-corrected chi connectivity index (χ3v) is 4.62. The molecule has 2 atom stereocenters. The average molecular weight is 400 g/mol. The number of ether oxygens (including phenoxy) is 1. The van der Waals surface area contributed by atoms with E-state index in [1.54, 1.807) is 35.4 Å². The fourth-order valence-corrected chi connectivity index (χ4v) is 3.29. The molecule has 1 aromatic heterocycles. The van der Waals surface area contributed by atoms with Crippen LogP contribution in [0.4, 0.5) is 5.69 Å². The molecular weight excluding hydrogens is 378 g/mol. The number of benzene rings is 1. The molecule has 0 bridgehead atoms. The van der Waals surface area contributed by atoms with E-state index in [1.807, 2.05) is 32.0 Å². The number of carbonyl (C=O) groups excluding carboxylic acids is 2. The number of hydrogen-bond acceptors (Lipinski definition) is 4. The summed E-state index contributed by atoms with van der Waals surface area (Å²) in [4.78, 5) is 31.8. The number of amides is 2. The number of aromatic nitrogens is 1. The lowest BCUT2D eigenvalue weighted by molar-refractivity contribution is -0.140. The molecule has 0 saturated carbocycles. The molecule has 1 saturated heterocycles. The van der Waals surface area contributed by atoms with Crippen molar-refractivity contribution < 1.29 is 14.3 Å². The normalized spacial score (nSPS) is 20.0. The Hall–Kier alpha value is -2.70. The quantitative estimate of drug-likeness (QED) is 0.370. The third-order valence-electron chi connectivity index (χ3n) is 4.30. The van der Waals surface area contributed by atoms with E-state index in [0.29, 0.717) is 24.3 Å². The summed E-state index contributed by atoms with van der Waals surface area (Å²) in [6.45, 7) is 4.64. The van der Waals surface area contributed by atoms with Gasteiger partial charge in [0.1, 0.15) is 10.7 Å². The maximum absolute atomic E-state index is 13.2. The number of morpholine rings is 1. The number of carbonyl (C=O) groups is 2. The molecule has 2 amide bonds. The molecule has 2 aromatic rings. The Labute approximate surface area is 169 Å². The summed E-state index contributed by atoms with van der Waals surface area (Å²) in [6.07, 6.45) is 2.83. The minimum atomic E-state index is -0.497. The zero-order valence-electron chi connectivity index (χ0n) is 15.8. The molecule has 1 N–H and O–H groups in total. The van der Waals surface area contributed by atoms with Crippen LogP contribution in [0.5, 0.6) is 0 Å². The smallest absolute Gasteiger partial charge is 0.261 e. The second kappa shape index (κ2) is 8.99. The number of hydrogen-bond donors (Lipinski definition) is 1. The van der Waals surface area contributed by atoms with Crippen LogP contribution in [0.1, 0.15) is 19.4 Å². The van der Waals surface area contributed by atoms with Crippen molar-refractivity contribution in [3.8, 4) is 0 Å². The molecule has 6 nitrogen and oxygen atoms in total. The van der Waals surface area contributed by atoms with Crippen LogP contribution in [0.25, 0.3) is 6.08 Å². The van der Waals surface area contributed by atoms with Gasteiger partial charge in [-0.05, 0) is 38.1 Å². The first-order chi connectivity index (χ1) is 13.4. The van der Waals surface area contributed by atoms with Crippen molar-refractivity contribution in [2.75, 3.05) is 18.4 Å². The summed E-state index contributed by atoms with van der Waals surface area (Å²) in [6, 6.07) is 12.4. The topological polar surface area (TPSA) is 71.5 Å². The number of halogens is 1. The average Bonchev–Trinajstić information content (AvgIpc) is 2.67. The van der Waals surface area contributed by atoms with Crippen molar-refractivity contribution in [1.29, 1.82) is 0 Å². The Morgan fingerprint density at radius 2 is 1.82 bits per heavy atom. The monoisotopic (exact) mass is 399 g/mol. The summed E-state index contributed by atoms with van der Waals surface area (Å²) in [5.74, 6) is -0.863. The first-order valence-corrected chi connectivity index (χ1v) is 9.45. The van der Waals surface area contributed by atoms with Gasteiger partial charge in [0.15, 0.2) is 0 Å². The number of rotatable bonds is 4. The minimum Gasteiger partial charge on any atom is -0.372 e. The van der Waals surface area contributed by atoms with Gasteiger partial charge in [-0.1, -0.05) is 35.9 Å². The highest BCUT2D eigenvalue weighted by molar-refractivity contribution is 6.32. The Morgan fingerprint density at radius 1 is 1.14 bits per heavy atom. The van der Waals surface area contributed by atoms with Crippen molar-refractivity contribution in [1.82, 2.24) is 9.88 Å². The molecule has 0 aliphatic carbocycles. The molecular formula is C21H22ClN3O3. The van der Waals surface area contributed by atoms with E-state index >= 15 is 0 Å². The van der Waals surface area contributed by atoms with E-state index in [9.17, 15) is 9.59 Å². The van der Waals surface area contributed by atoms with Crippen LogP contribution in [0.3, 0.4) is 0 Å². The minimum absolute atomic E-state index is 0.0000491. The van der Waals surface area contributed by atoms with Gasteiger partial charge in [-0.3, -0.25) is 9.59 Å². The summed E-state index contributed by atoms with van der Waals surface area (Å²) in [7, 11) is 0. The first-order valence-electron chi connectivity index (χ1n) is 9.07. The van der Waals surface area contributed by atoms with E-state index in [0.717, 1.165) is 0 Å². The lowest BCUT2D eigenvalue weighted by Gasteiger charge is -2.35. The highest BCUT2D eigenvalue weighted by Gasteiger charge is 2.30. The summed E-state index contributed by atoms with van der Waals surface area (Å²) in [5.41, 5.74) is 1.11. The van der Waals surface area contributed by atoms with Crippen LogP contribution in [-0.2, 0) is 14.3 Å². The molecule has 0 spiro atoms. The Bertz CT molecular complexity index is 875. The molecule has 2 heterocycles. The maximum Gasteiger partial charge on any atom is 0.261 e. The fourth-order valence-electron chi connectivity index (χ4n) is 3.12. The van der Waals surface area contributed by atoms with Gasteiger partial charge in [0.2, 0.25) is 0 Å². The molecule has 1 aromatic carbocycles. The molecule has 0 unspecified atom stereocenters. The van der Waals surface area contributed by atoms with Gasteiger partial charge in [0.05, 0.1) is 12.2 Å². The van der Waals surface area contributed by atoms with Gasteiger partial charge in [-0.2, -0.15) is 0 Å². The molecule has 1 aliphatic heterocycles. The van der Waals surface area contributed by atoms with E-state index in [2.05, 4.69) is 10.3 Å². The number of anilines is 1. The zero-order chi connectivity index (χ0) is 20.1. The Morgan fingerprint density at radius 3 is 2.46 bits per heavy atom. The van der Waals surface area contributed by atoms with Gasteiger partial charge in [-0.25, -0.2) is 4.98 Å². The molecule has 146 valence electrons. The van der Waals surface area contributed by atoms with Gasteiger partial charge in [0, 0.05) is 30.5 Å². The standard InChI is InChI=1S/C21H22ClN3O3/c1-14-12-25(13-15(2)28-14)21(27)18(11-16-7-6-10-23-19(16)22)20(26)24-17-8-4-3-5-9-17/h3-11,14-15H,12-13H2,1-2H3,(H,24,26)/b18-11+/t14-,15-/m0/s1. The number of nitrogens with one attached hydrogen (secondary N) is 1. The second-order valence-electron chi connectivity index (χ2n) is 6.73. The van der Waals surface area contributed by atoms with Crippen LogP contribution in [-0.4, -0.2) is 47.0 Å².